The molecule has 106 valence electrons. The summed E-state index contributed by atoms with van der Waals surface area (Å²) in [4.78, 5) is 24.1. The molecule has 0 saturated heterocycles. The van der Waals surface area contributed by atoms with Crippen LogP contribution in [0.3, 0.4) is 0 Å². The quantitative estimate of drug-likeness (QED) is 0.824. The van der Waals surface area contributed by atoms with Gasteiger partial charge in [-0.3, -0.25) is 0 Å². The molecule has 0 spiro atoms. The van der Waals surface area contributed by atoms with Crippen LogP contribution in [0.5, 0.6) is 5.75 Å². The van der Waals surface area contributed by atoms with Crippen molar-refractivity contribution in [2.24, 2.45) is 0 Å². The van der Waals surface area contributed by atoms with Crippen molar-refractivity contribution in [3.05, 3.63) is 36.4 Å². The third kappa shape index (κ3) is 4.01. The summed E-state index contributed by atoms with van der Waals surface area (Å²) in [6.45, 7) is 0.882. The third-order valence-corrected chi connectivity index (χ3v) is 2.79. The zero-order chi connectivity index (χ0) is 14.4. The van der Waals surface area contributed by atoms with Crippen LogP contribution in [0.15, 0.2) is 36.4 Å². The molecule has 1 aromatic carbocycles. The first-order chi connectivity index (χ1) is 9.65. The molecule has 0 atom stereocenters. The molecule has 1 aliphatic rings. The van der Waals surface area contributed by atoms with Crippen LogP contribution in [0.4, 0.5) is 10.5 Å². The van der Waals surface area contributed by atoms with Crippen molar-refractivity contribution >= 4 is 17.7 Å². The van der Waals surface area contributed by atoms with Crippen LogP contribution in [-0.4, -0.2) is 41.7 Å². The number of benzene rings is 1. The lowest BCUT2D eigenvalue weighted by Gasteiger charge is -2.23. The standard InChI is InChI=1S/C14H16N2O4/c17-13(18)10-20-12-6-4-5-11(9-12)15-14(19)16-7-2-1-3-8-16/h1-2,4-6,9H,3,7-8,10H2,(H,15,19)(H,17,18). The summed E-state index contributed by atoms with van der Waals surface area (Å²) in [6, 6.07) is 6.49. The Labute approximate surface area is 116 Å². The smallest absolute Gasteiger partial charge is 0.341 e. The molecule has 0 aromatic heterocycles. The van der Waals surface area contributed by atoms with Gasteiger partial charge in [0.05, 0.1) is 0 Å². The first-order valence-electron chi connectivity index (χ1n) is 6.31. The molecule has 0 bridgehead atoms. The van der Waals surface area contributed by atoms with E-state index in [9.17, 15) is 9.59 Å². The van der Waals surface area contributed by atoms with Crippen LogP contribution < -0.4 is 10.1 Å². The number of hydrogen-bond acceptors (Lipinski definition) is 3. The molecule has 20 heavy (non-hydrogen) atoms. The fourth-order valence-corrected chi connectivity index (χ4v) is 1.84. The Bertz CT molecular complexity index is 528. The number of carbonyl (C=O) groups excluding carboxylic acids is 1. The van der Waals surface area contributed by atoms with Gasteiger partial charge < -0.3 is 20.1 Å². The molecular weight excluding hydrogens is 260 g/mol. The number of ether oxygens (including phenoxy) is 1. The third-order valence-electron chi connectivity index (χ3n) is 2.79. The van der Waals surface area contributed by atoms with Gasteiger partial charge in [-0.2, -0.15) is 0 Å². The monoisotopic (exact) mass is 276 g/mol. The number of hydrogen-bond donors (Lipinski definition) is 2. The molecule has 0 unspecified atom stereocenters. The zero-order valence-electron chi connectivity index (χ0n) is 10.9. The highest BCUT2D eigenvalue weighted by Crippen LogP contribution is 2.18. The average Bonchev–Trinajstić information content (AvgIpc) is 2.46. The molecule has 1 heterocycles. The summed E-state index contributed by atoms with van der Waals surface area (Å²) in [6.07, 6.45) is 4.86. The number of anilines is 1. The van der Waals surface area contributed by atoms with Gasteiger partial charge in [-0.1, -0.05) is 18.2 Å². The van der Waals surface area contributed by atoms with Crippen LogP contribution >= 0.6 is 0 Å². The summed E-state index contributed by atoms with van der Waals surface area (Å²) >= 11 is 0. The van der Waals surface area contributed by atoms with E-state index >= 15 is 0 Å². The molecule has 2 amide bonds. The molecule has 1 aliphatic heterocycles. The number of aliphatic carboxylic acids is 1. The Balaban J connectivity index is 1.94. The van der Waals surface area contributed by atoms with Gasteiger partial charge >= 0.3 is 12.0 Å². The van der Waals surface area contributed by atoms with E-state index in [1.54, 1.807) is 29.2 Å². The minimum atomic E-state index is -1.04. The second-order valence-electron chi connectivity index (χ2n) is 4.35. The first kappa shape index (κ1) is 13.9. The Morgan fingerprint density at radius 1 is 1.35 bits per heavy atom. The maximum absolute atomic E-state index is 12.0. The van der Waals surface area contributed by atoms with Gasteiger partial charge in [0.2, 0.25) is 0 Å². The highest BCUT2D eigenvalue weighted by Gasteiger charge is 2.13. The number of rotatable bonds is 4. The van der Waals surface area contributed by atoms with Crippen molar-refractivity contribution in [1.29, 1.82) is 0 Å². The molecule has 2 N–H and O–H groups in total. The summed E-state index contributed by atoms with van der Waals surface area (Å²) in [5.41, 5.74) is 0.576. The molecule has 0 aliphatic carbocycles. The van der Waals surface area contributed by atoms with Gasteiger partial charge in [0.1, 0.15) is 5.75 Å². The molecule has 0 radical (unpaired) electrons. The largest absolute Gasteiger partial charge is 0.482 e. The van der Waals surface area contributed by atoms with E-state index in [1.165, 1.54) is 0 Å². The predicted molar refractivity (Wildman–Crippen MR) is 73.9 cm³/mol. The molecule has 6 nitrogen and oxygen atoms in total. The van der Waals surface area contributed by atoms with E-state index in [-0.39, 0.29) is 6.03 Å². The van der Waals surface area contributed by atoms with E-state index in [0.29, 0.717) is 24.5 Å². The lowest BCUT2D eigenvalue weighted by Crippen LogP contribution is -2.37. The van der Waals surface area contributed by atoms with E-state index < -0.39 is 12.6 Å². The molecule has 0 saturated carbocycles. The van der Waals surface area contributed by atoms with E-state index in [1.807, 2.05) is 12.2 Å². The van der Waals surface area contributed by atoms with E-state index in [2.05, 4.69) is 5.32 Å². The van der Waals surface area contributed by atoms with Gasteiger partial charge in [-0.15, -0.1) is 0 Å². The highest BCUT2D eigenvalue weighted by atomic mass is 16.5. The number of amides is 2. The molecule has 6 heteroatoms. The first-order valence-corrected chi connectivity index (χ1v) is 6.31. The van der Waals surface area contributed by atoms with Crippen LogP contribution in [0.25, 0.3) is 0 Å². The Kier molecular flexibility index (Phi) is 4.60. The Morgan fingerprint density at radius 3 is 2.90 bits per heavy atom. The van der Waals surface area contributed by atoms with Gasteiger partial charge in [-0.05, 0) is 18.6 Å². The normalized spacial score (nSPS) is 13.9. The lowest BCUT2D eigenvalue weighted by atomic mass is 10.2. The van der Waals surface area contributed by atoms with Gasteiger partial charge in [0.25, 0.3) is 0 Å². The second-order valence-corrected chi connectivity index (χ2v) is 4.35. The van der Waals surface area contributed by atoms with Gasteiger partial charge in [0, 0.05) is 24.8 Å². The van der Waals surface area contributed by atoms with Crippen molar-refractivity contribution in [2.75, 3.05) is 25.0 Å². The molecule has 1 aromatic rings. The summed E-state index contributed by atoms with van der Waals surface area (Å²) in [5.74, 6) is -0.636. The zero-order valence-corrected chi connectivity index (χ0v) is 10.9. The van der Waals surface area contributed by atoms with Crippen molar-refractivity contribution in [3.63, 3.8) is 0 Å². The SMILES string of the molecule is O=C(O)COc1cccc(NC(=O)N2CC=CCC2)c1. The molecular formula is C14H16N2O4. The second kappa shape index (κ2) is 6.60. The number of nitrogens with zero attached hydrogens (tertiary/aromatic N) is 1. The van der Waals surface area contributed by atoms with E-state index in [4.69, 9.17) is 9.84 Å². The molecule has 0 fully saturated rings. The number of carbonyl (C=O) groups is 2. The van der Waals surface area contributed by atoms with Crippen LogP contribution in [0, 0.1) is 0 Å². The predicted octanol–water partition coefficient (Wildman–Crippen LogP) is 1.94. The van der Waals surface area contributed by atoms with Gasteiger partial charge in [-0.25, -0.2) is 9.59 Å². The maximum atomic E-state index is 12.0. The Hall–Kier alpha value is -2.50. The maximum Gasteiger partial charge on any atom is 0.341 e. The summed E-state index contributed by atoms with van der Waals surface area (Å²) in [5, 5.41) is 11.3. The van der Waals surface area contributed by atoms with Crippen molar-refractivity contribution in [2.45, 2.75) is 6.42 Å². The minimum absolute atomic E-state index is 0.176. The van der Waals surface area contributed by atoms with Crippen LogP contribution in [0.1, 0.15) is 6.42 Å². The summed E-state index contributed by atoms with van der Waals surface area (Å²) < 4.78 is 5.06. The Morgan fingerprint density at radius 2 is 2.20 bits per heavy atom. The van der Waals surface area contributed by atoms with Gasteiger partial charge in [0.15, 0.2) is 6.61 Å². The molecule has 2 rings (SSSR count). The van der Waals surface area contributed by atoms with Crippen molar-refractivity contribution in [1.82, 2.24) is 4.90 Å². The topological polar surface area (TPSA) is 78.9 Å². The number of carboxylic acids is 1. The van der Waals surface area contributed by atoms with Crippen molar-refractivity contribution < 1.29 is 19.4 Å². The number of urea groups is 1. The van der Waals surface area contributed by atoms with E-state index in [0.717, 1.165) is 6.42 Å². The number of carboxylic acid groups (broad SMARTS) is 1. The van der Waals surface area contributed by atoms with Crippen LogP contribution in [-0.2, 0) is 4.79 Å². The fraction of sp³-hybridized carbons (Fsp3) is 0.286. The minimum Gasteiger partial charge on any atom is -0.482 e. The van der Waals surface area contributed by atoms with Crippen molar-refractivity contribution in [3.8, 4) is 5.75 Å². The summed E-state index contributed by atoms with van der Waals surface area (Å²) in [7, 11) is 0. The van der Waals surface area contributed by atoms with Crippen LogP contribution in [0.2, 0.25) is 0 Å². The fourth-order valence-electron chi connectivity index (χ4n) is 1.84. The lowest BCUT2D eigenvalue weighted by molar-refractivity contribution is -0.139. The average molecular weight is 276 g/mol. The highest BCUT2D eigenvalue weighted by molar-refractivity contribution is 5.89. The number of nitrogens with one attached hydrogen (secondary N) is 1.